The van der Waals surface area contributed by atoms with Crippen LogP contribution in [0.4, 0.5) is 0 Å². The number of nitrogens with one attached hydrogen (secondary N) is 1. The van der Waals surface area contributed by atoms with Crippen LogP contribution in [-0.4, -0.2) is 27.3 Å². The molecule has 3 aromatic rings. The summed E-state index contributed by atoms with van der Waals surface area (Å²) in [5, 5.41) is 8.19. The van der Waals surface area contributed by atoms with Crippen molar-refractivity contribution in [3.05, 3.63) is 33.2 Å². The average molecular weight is 408 g/mol. The number of rotatable bonds is 7. The molecule has 8 heteroatoms. The van der Waals surface area contributed by atoms with E-state index in [2.05, 4.69) is 17.2 Å². The van der Waals surface area contributed by atoms with Gasteiger partial charge in [0.2, 0.25) is 5.91 Å². The second-order valence-electron chi connectivity index (χ2n) is 6.11. The van der Waals surface area contributed by atoms with Crippen LogP contribution in [-0.2, 0) is 11.8 Å². The normalized spacial score (nSPS) is 12.4. The van der Waals surface area contributed by atoms with Gasteiger partial charge in [0.1, 0.15) is 4.83 Å². The molecule has 0 radical (unpaired) electrons. The van der Waals surface area contributed by atoms with Gasteiger partial charge in [-0.1, -0.05) is 31.2 Å². The number of aromatic nitrogens is 2. The molecule has 26 heavy (non-hydrogen) atoms. The molecule has 3 heterocycles. The van der Waals surface area contributed by atoms with Crippen LogP contribution in [0.2, 0.25) is 0 Å². The molecule has 3 rings (SSSR count). The molecule has 3 aromatic heterocycles. The number of thioether (sulfide) groups is 1. The summed E-state index contributed by atoms with van der Waals surface area (Å²) in [4.78, 5) is 31.3. The van der Waals surface area contributed by atoms with Crippen molar-refractivity contribution in [1.82, 2.24) is 14.9 Å². The molecule has 0 aliphatic heterocycles. The molecule has 0 saturated carbocycles. The van der Waals surface area contributed by atoms with E-state index in [0.29, 0.717) is 10.5 Å². The first-order valence-electron chi connectivity index (χ1n) is 8.45. The molecule has 5 nitrogen and oxygen atoms in total. The fraction of sp³-hybridized carbons (Fsp3) is 0.389. The van der Waals surface area contributed by atoms with Crippen molar-refractivity contribution in [2.24, 2.45) is 7.05 Å². The average Bonchev–Trinajstić information content (AvgIpc) is 3.26. The second-order valence-corrected chi connectivity index (χ2v) is 8.86. The highest BCUT2D eigenvalue weighted by Crippen LogP contribution is 2.34. The van der Waals surface area contributed by atoms with Crippen LogP contribution in [0.25, 0.3) is 20.7 Å². The Labute approximate surface area is 164 Å². The van der Waals surface area contributed by atoms with Gasteiger partial charge in [-0.25, -0.2) is 4.98 Å². The van der Waals surface area contributed by atoms with Gasteiger partial charge in [0.25, 0.3) is 5.56 Å². The minimum atomic E-state index is -0.0677. The summed E-state index contributed by atoms with van der Waals surface area (Å²) in [6, 6.07) is 4.15. The fourth-order valence-electron chi connectivity index (χ4n) is 2.75. The summed E-state index contributed by atoms with van der Waals surface area (Å²) in [6.45, 7) is 4.10. The SMILES string of the molecule is CCCC(C)NC(=O)CSc1nc2scc(-c3cccs3)c2c(=O)n1C. The molecule has 0 bridgehead atoms. The fourth-order valence-corrected chi connectivity index (χ4v) is 5.33. The van der Waals surface area contributed by atoms with E-state index in [4.69, 9.17) is 0 Å². The van der Waals surface area contributed by atoms with E-state index in [1.165, 1.54) is 23.1 Å². The van der Waals surface area contributed by atoms with Crippen LogP contribution in [0.5, 0.6) is 0 Å². The standard InChI is InChI=1S/C18H21N3O2S3/c1-4-6-11(2)19-14(22)10-26-18-20-16-15(17(23)21(18)3)12(9-25-16)13-7-5-8-24-13/h5,7-9,11H,4,6,10H2,1-3H3,(H,19,22). The van der Waals surface area contributed by atoms with Crippen LogP contribution >= 0.6 is 34.4 Å². The quantitative estimate of drug-likeness (QED) is 0.473. The minimum Gasteiger partial charge on any atom is -0.353 e. The van der Waals surface area contributed by atoms with E-state index in [1.807, 2.05) is 29.8 Å². The lowest BCUT2D eigenvalue weighted by Crippen LogP contribution is -2.33. The maximum atomic E-state index is 12.9. The van der Waals surface area contributed by atoms with Gasteiger partial charge in [0.05, 0.1) is 11.1 Å². The monoisotopic (exact) mass is 407 g/mol. The number of amides is 1. The molecular formula is C18H21N3O2S3. The lowest BCUT2D eigenvalue weighted by Gasteiger charge is -2.13. The van der Waals surface area contributed by atoms with E-state index in [9.17, 15) is 9.59 Å². The molecule has 0 spiro atoms. The van der Waals surface area contributed by atoms with Crippen molar-refractivity contribution in [3.8, 4) is 10.4 Å². The zero-order valence-corrected chi connectivity index (χ0v) is 17.4. The van der Waals surface area contributed by atoms with Crippen molar-refractivity contribution in [2.45, 2.75) is 37.9 Å². The zero-order chi connectivity index (χ0) is 18.7. The Morgan fingerprint density at radius 2 is 2.23 bits per heavy atom. The molecule has 138 valence electrons. The number of carbonyl (C=O) groups is 1. The van der Waals surface area contributed by atoms with Gasteiger partial charge in [-0.05, 0) is 24.8 Å². The van der Waals surface area contributed by atoms with Crippen LogP contribution in [0.1, 0.15) is 26.7 Å². The van der Waals surface area contributed by atoms with Crippen molar-refractivity contribution < 1.29 is 4.79 Å². The summed E-state index contributed by atoms with van der Waals surface area (Å²) in [6.07, 6.45) is 1.99. The van der Waals surface area contributed by atoms with Gasteiger partial charge < -0.3 is 5.32 Å². The highest BCUT2D eigenvalue weighted by molar-refractivity contribution is 7.99. The predicted molar refractivity (Wildman–Crippen MR) is 111 cm³/mol. The lowest BCUT2D eigenvalue weighted by molar-refractivity contribution is -0.119. The van der Waals surface area contributed by atoms with Crippen LogP contribution in [0.15, 0.2) is 32.8 Å². The van der Waals surface area contributed by atoms with Crippen LogP contribution in [0.3, 0.4) is 0 Å². The van der Waals surface area contributed by atoms with Gasteiger partial charge >= 0.3 is 0 Å². The summed E-state index contributed by atoms with van der Waals surface area (Å²) in [7, 11) is 1.71. The van der Waals surface area contributed by atoms with Crippen LogP contribution < -0.4 is 10.9 Å². The van der Waals surface area contributed by atoms with E-state index in [0.717, 1.165) is 28.1 Å². The van der Waals surface area contributed by atoms with Crippen LogP contribution in [0, 0.1) is 0 Å². The van der Waals surface area contributed by atoms with Crippen molar-refractivity contribution >= 4 is 50.6 Å². The van der Waals surface area contributed by atoms with E-state index >= 15 is 0 Å². The summed E-state index contributed by atoms with van der Waals surface area (Å²) >= 11 is 4.38. The maximum Gasteiger partial charge on any atom is 0.263 e. The number of carbonyl (C=O) groups excluding carboxylic acids is 1. The number of thiophene rings is 2. The van der Waals surface area contributed by atoms with Crippen molar-refractivity contribution in [2.75, 3.05) is 5.75 Å². The zero-order valence-electron chi connectivity index (χ0n) is 14.9. The van der Waals surface area contributed by atoms with Crippen molar-refractivity contribution in [3.63, 3.8) is 0 Å². The predicted octanol–water partition coefficient (Wildman–Crippen LogP) is 4.12. The molecule has 0 saturated heterocycles. The molecule has 1 atom stereocenters. The van der Waals surface area contributed by atoms with Crippen molar-refractivity contribution in [1.29, 1.82) is 0 Å². The summed E-state index contributed by atoms with van der Waals surface area (Å²) in [5.74, 6) is 0.221. The van der Waals surface area contributed by atoms with Gasteiger partial charge in [0, 0.05) is 28.9 Å². The molecule has 0 aliphatic rings. The molecule has 0 fully saturated rings. The Bertz CT molecular complexity index is 960. The molecule has 0 aliphatic carbocycles. The Hall–Kier alpha value is -1.64. The third-order valence-electron chi connectivity index (χ3n) is 4.02. The third-order valence-corrected chi connectivity index (χ3v) is 6.83. The first kappa shape index (κ1) is 19.1. The Morgan fingerprint density at radius 1 is 1.42 bits per heavy atom. The highest BCUT2D eigenvalue weighted by atomic mass is 32.2. The maximum absolute atomic E-state index is 12.9. The largest absolute Gasteiger partial charge is 0.353 e. The van der Waals surface area contributed by atoms with Gasteiger partial charge in [-0.3, -0.25) is 14.2 Å². The Morgan fingerprint density at radius 3 is 2.92 bits per heavy atom. The molecule has 1 amide bonds. The van der Waals surface area contributed by atoms with Gasteiger partial charge in [0.15, 0.2) is 5.16 Å². The lowest BCUT2D eigenvalue weighted by atomic mass is 10.2. The Balaban J connectivity index is 1.82. The Kier molecular flexibility index (Phi) is 6.16. The molecular weight excluding hydrogens is 386 g/mol. The van der Waals surface area contributed by atoms with Gasteiger partial charge in [-0.2, -0.15) is 0 Å². The third kappa shape index (κ3) is 4.02. The second kappa shape index (κ2) is 8.37. The molecule has 1 unspecified atom stereocenters. The van der Waals surface area contributed by atoms with E-state index in [-0.39, 0.29) is 23.3 Å². The van der Waals surface area contributed by atoms with Gasteiger partial charge in [-0.15, -0.1) is 22.7 Å². The number of hydrogen-bond donors (Lipinski definition) is 1. The number of fused-ring (bicyclic) bond motifs is 1. The molecule has 1 N–H and O–H groups in total. The first-order chi connectivity index (χ1) is 12.5. The first-order valence-corrected chi connectivity index (χ1v) is 11.2. The molecule has 0 aromatic carbocycles. The smallest absolute Gasteiger partial charge is 0.263 e. The summed E-state index contributed by atoms with van der Waals surface area (Å²) < 4.78 is 1.54. The van der Waals surface area contributed by atoms with E-state index in [1.54, 1.807) is 23.0 Å². The van der Waals surface area contributed by atoms with E-state index < -0.39 is 0 Å². The summed E-state index contributed by atoms with van der Waals surface area (Å²) in [5.41, 5.74) is 0.873. The number of hydrogen-bond acceptors (Lipinski definition) is 6. The number of nitrogens with zero attached hydrogens (tertiary/aromatic N) is 2. The highest BCUT2D eigenvalue weighted by Gasteiger charge is 2.17. The minimum absolute atomic E-state index is 0.0317. The topological polar surface area (TPSA) is 64.0 Å².